The molecule has 0 saturated carbocycles. The first kappa shape index (κ1) is 4.97. The highest BCUT2D eigenvalue weighted by molar-refractivity contribution is 9.18. The Labute approximate surface area is 50.5 Å². The zero-order chi connectivity index (χ0) is 5.28. The van der Waals surface area contributed by atoms with E-state index in [0.717, 1.165) is 17.0 Å². The second-order valence-corrected chi connectivity index (χ2v) is 2.27. The van der Waals surface area contributed by atoms with Crippen LogP contribution in [0.5, 0.6) is 0 Å². The van der Waals surface area contributed by atoms with Crippen molar-refractivity contribution >= 4 is 26.4 Å². The fourth-order valence-corrected chi connectivity index (χ4v) is 0.808. The van der Waals surface area contributed by atoms with E-state index in [1.807, 2.05) is 6.92 Å². The summed E-state index contributed by atoms with van der Waals surface area (Å²) in [6.45, 7) is 2.61. The van der Waals surface area contributed by atoms with Crippen molar-refractivity contribution < 1.29 is 0 Å². The van der Waals surface area contributed by atoms with E-state index >= 15 is 0 Å². The fourth-order valence-electron chi connectivity index (χ4n) is 0.426. The minimum absolute atomic E-state index is 0.728. The molecule has 1 aliphatic heterocycles. The Hall–Kier alpha value is -0.180. The van der Waals surface area contributed by atoms with Gasteiger partial charge in [0, 0.05) is 0 Å². The third-order valence-corrected chi connectivity index (χ3v) is 1.15. The summed E-state index contributed by atoms with van der Waals surface area (Å²) in [5, 5.41) is 0. The number of amidine groups is 1. The summed E-state index contributed by atoms with van der Waals surface area (Å²) in [7, 11) is 0. The van der Waals surface area contributed by atoms with Gasteiger partial charge in [0.1, 0.15) is 10.5 Å². The molecular formula is C4H5BrN2. The third-order valence-electron chi connectivity index (χ3n) is 0.721. The molecular weight excluding hydrogens is 156 g/mol. The monoisotopic (exact) mass is 160 g/mol. The molecule has 0 radical (unpaired) electrons. The first-order chi connectivity index (χ1) is 3.29. The van der Waals surface area contributed by atoms with Crippen LogP contribution in [-0.2, 0) is 0 Å². The Morgan fingerprint density at radius 2 is 2.43 bits per heavy atom. The van der Waals surface area contributed by atoms with Crippen LogP contribution in [0.2, 0.25) is 0 Å². The van der Waals surface area contributed by atoms with Crippen molar-refractivity contribution in [3.63, 3.8) is 0 Å². The molecule has 0 amide bonds. The van der Waals surface area contributed by atoms with Crippen LogP contribution in [0.4, 0.5) is 0 Å². The molecule has 0 aromatic rings. The predicted octanol–water partition coefficient (Wildman–Crippen LogP) is 1.21. The quantitative estimate of drug-likeness (QED) is 0.510. The van der Waals surface area contributed by atoms with Crippen molar-refractivity contribution in [3.05, 3.63) is 0 Å². The number of hydrogen-bond acceptors (Lipinski definition) is 2. The zero-order valence-corrected chi connectivity index (χ0v) is 5.57. The first-order valence-electron chi connectivity index (χ1n) is 2.03. The van der Waals surface area contributed by atoms with Crippen LogP contribution in [0.3, 0.4) is 0 Å². The second kappa shape index (κ2) is 1.74. The Bertz CT molecular complexity index is 137. The molecule has 1 aliphatic rings. The fraction of sp³-hybridized carbons (Fsp3) is 0.500. The smallest absolute Gasteiger partial charge is 0.121 e. The van der Waals surface area contributed by atoms with E-state index < -0.39 is 0 Å². The largest absolute Gasteiger partial charge is 0.264 e. The Morgan fingerprint density at radius 1 is 1.71 bits per heavy atom. The SMILES string of the molecule is CC1=NCC(Br)=N1. The maximum Gasteiger partial charge on any atom is 0.121 e. The molecule has 0 bridgehead atoms. The van der Waals surface area contributed by atoms with Crippen LogP contribution in [0.1, 0.15) is 6.92 Å². The predicted molar refractivity (Wildman–Crippen MR) is 34.3 cm³/mol. The van der Waals surface area contributed by atoms with Crippen LogP contribution in [0.25, 0.3) is 0 Å². The molecule has 1 heterocycles. The van der Waals surface area contributed by atoms with Crippen LogP contribution in [-0.4, -0.2) is 17.0 Å². The summed E-state index contributed by atoms with van der Waals surface area (Å²) < 4.78 is 0.935. The van der Waals surface area contributed by atoms with Gasteiger partial charge in [0.05, 0.1) is 6.54 Å². The molecule has 2 nitrogen and oxygen atoms in total. The molecule has 0 spiro atoms. The molecule has 0 aromatic heterocycles. The summed E-state index contributed by atoms with van der Waals surface area (Å²) in [6, 6.07) is 0. The molecule has 0 unspecified atom stereocenters. The number of hydrogen-bond donors (Lipinski definition) is 0. The third kappa shape index (κ3) is 1.09. The molecule has 38 valence electrons. The molecule has 0 aliphatic carbocycles. The van der Waals surface area contributed by atoms with Crippen molar-refractivity contribution in [2.45, 2.75) is 6.92 Å². The minimum Gasteiger partial charge on any atom is -0.264 e. The molecule has 0 fully saturated rings. The Kier molecular flexibility index (Phi) is 1.23. The van der Waals surface area contributed by atoms with Crippen LogP contribution >= 0.6 is 15.9 Å². The van der Waals surface area contributed by atoms with Crippen molar-refractivity contribution in [3.8, 4) is 0 Å². The lowest BCUT2D eigenvalue weighted by Gasteiger charge is -1.73. The minimum atomic E-state index is 0.728. The van der Waals surface area contributed by atoms with Gasteiger partial charge in [-0.05, 0) is 22.9 Å². The van der Waals surface area contributed by atoms with E-state index in [0.29, 0.717) is 0 Å². The van der Waals surface area contributed by atoms with E-state index in [9.17, 15) is 0 Å². The van der Waals surface area contributed by atoms with E-state index in [1.165, 1.54) is 0 Å². The van der Waals surface area contributed by atoms with E-state index in [1.54, 1.807) is 0 Å². The first-order valence-corrected chi connectivity index (χ1v) is 2.82. The van der Waals surface area contributed by atoms with Crippen LogP contribution in [0, 0.1) is 0 Å². The average Bonchev–Trinajstić information content (AvgIpc) is 1.87. The highest BCUT2D eigenvalue weighted by Gasteiger charge is 1.99. The summed E-state index contributed by atoms with van der Waals surface area (Å²) >= 11 is 3.21. The van der Waals surface area contributed by atoms with Gasteiger partial charge in [0.15, 0.2) is 0 Å². The van der Waals surface area contributed by atoms with Gasteiger partial charge in [-0.15, -0.1) is 0 Å². The summed E-state index contributed by atoms with van der Waals surface area (Å²) in [5.74, 6) is 0.867. The Morgan fingerprint density at radius 3 is 2.57 bits per heavy atom. The number of halogens is 1. The lowest BCUT2D eigenvalue weighted by molar-refractivity contribution is 1.35. The van der Waals surface area contributed by atoms with Gasteiger partial charge >= 0.3 is 0 Å². The molecule has 0 N–H and O–H groups in total. The van der Waals surface area contributed by atoms with Gasteiger partial charge in [0.25, 0.3) is 0 Å². The second-order valence-electron chi connectivity index (χ2n) is 1.35. The van der Waals surface area contributed by atoms with Gasteiger partial charge in [-0.2, -0.15) is 0 Å². The maximum absolute atomic E-state index is 3.98. The average molecular weight is 161 g/mol. The number of rotatable bonds is 0. The van der Waals surface area contributed by atoms with Gasteiger partial charge in [-0.25, -0.2) is 4.99 Å². The Balaban J connectivity index is 2.69. The number of aliphatic imine (C=N–C) groups is 2. The molecule has 7 heavy (non-hydrogen) atoms. The topological polar surface area (TPSA) is 24.7 Å². The van der Waals surface area contributed by atoms with E-state index in [-0.39, 0.29) is 0 Å². The molecule has 0 atom stereocenters. The maximum atomic E-state index is 3.98. The zero-order valence-electron chi connectivity index (χ0n) is 3.98. The summed E-state index contributed by atoms with van der Waals surface area (Å²) in [5.41, 5.74) is 0. The van der Waals surface area contributed by atoms with Gasteiger partial charge in [0.2, 0.25) is 0 Å². The molecule has 0 aromatic carbocycles. The van der Waals surface area contributed by atoms with Crippen LogP contribution < -0.4 is 0 Å². The van der Waals surface area contributed by atoms with Crippen molar-refractivity contribution in [1.29, 1.82) is 0 Å². The lowest BCUT2D eigenvalue weighted by atomic mass is 10.7. The van der Waals surface area contributed by atoms with Crippen molar-refractivity contribution in [2.24, 2.45) is 9.98 Å². The normalized spacial score (nSPS) is 19.1. The number of nitrogens with zero attached hydrogens (tertiary/aromatic N) is 2. The van der Waals surface area contributed by atoms with Gasteiger partial charge in [-0.1, -0.05) is 0 Å². The highest BCUT2D eigenvalue weighted by Crippen LogP contribution is 1.99. The molecule has 0 saturated heterocycles. The highest BCUT2D eigenvalue weighted by atomic mass is 79.9. The van der Waals surface area contributed by atoms with Crippen molar-refractivity contribution in [1.82, 2.24) is 0 Å². The van der Waals surface area contributed by atoms with Crippen molar-refractivity contribution in [2.75, 3.05) is 6.54 Å². The van der Waals surface area contributed by atoms with E-state index in [4.69, 9.17) is 0 Å². The van der Waals surface area contributed by atoms with Gasteiger partial charge < -0.3 is 0 Å². The standard InChI is InChI=1S/C4H5BrN2/c1-3-6-2-4(5)7-3/h2H2,1H3. The van der Waals surface area contributed by atoms with Gasteiger partial charge in [-0.3, -0.25) is 4.99 Å². The molecule has 3 heteroatoms. The van der Waals surface area contributed by atoms with E-state index in [2.05, 4.69) is 25.9 Å². The van der Waals surface area contributed by atoms with Crippen LogP contribution in [0.15, 0.2) is 9.98 Å². The lowest BCUT2D eigenvalue weighted by Crippen LogP contribution is -1.81. The summed E-state index contributed by atoms with van der Waals surface area (Å²) in [6.07, 6.45) is 0. The summed E-state index contributed by atoms with van der Waals surface area (Å²) in [4.78, 5) is 7.96. The molecule has 1 rings (SSSR count).